The molecule has 0 amide bonds. The molecule has 0 radical (unpaired) electrons. The molecule has 2 aromatic rings. The third-order valence-electron chi connectivity index (χ3n) is 2.10. The third kappa shape index (κ3) is 2.64. The number of anilines is 1. The Bertz CT molecular complexity index is 448. The van der Waals surface area contributed by atoms with Gasteiger partial charge in [-0.25, -0.2) is 0 Å². The fourth-order valence-electron chi connectivity index (χ4n) is 1.36. The number of nitrogens with one attached hydrogen (secondary N) is 1. The van der Waals surface area contributed by atoms with Gasteiger partial charge in [-0.2, -0.15) is 0 Å². The van der Waals surface area contributed by atoms with Gasteiger partial charge in [0, 0.05) is 5.69 Å². The standard InChI is InChI=1S/C14H13NO/c1-2-15-12-8-10-14(11-9-12)16-13-6-4-3-5-7-13/h2-11,15H,1H2. The lowest BCUT2D eigenvalue weighted by Gasteiger charge is -2.06. The average molecular weight is 211 g/mol. The van der Waals surface area contributed by atoms with Gasteiger partial charge in [-0.3, -0.25) is 0 Å². The van der Waals surface area contributed by atoms with Crippen molar-refractivity contribution >= 4 is 5.69 Å². The Kier molecular flexibility index (Phi) is 3.24. The molecular weight excluding hydrogens is 198 g/mol. The van der Waals surface area contributed by atoms with Gasteiger partial charge in [-0.15, -0.1) is 0 Å². The molecule has 2 heteroatoms. The van der Waals surface area contributed by atoms with Gasteiger partial charge < -0.3 is 10.1 Å². The van der Waals surface area contributed by atoms with Gasteiger partial charge in [0.1, 0.15) is 11.5 Å². The van der Waals surface area contributed by atoms with Gasteiger partial charge >= 0.3 is 0 Å². The maximum atomic E-state index is 5.66. The Balaban J connectivity index is 2.08. The number of ether oxygens (including phenoxy) is 1. The van der Waals surface area contributed by atoms with Crippen LogP contribution in [0.15, 0.2) is 67.4 Å². The van der Waals surface area contributed by atoms with Gasteiger partial charge in [0.25, 0.3) is 0 Å². The van der Waals surface area contributed by atoms with Crippen LogP contribution < -0.4 is 10.1 Å². The minimum absolute atomic E-state index is 0.820. The molecule has 2 aromatic carbocycles. The van der Waals surface area contributed by atoms with Crippen LogP contribution >= 0.6 is 0 Å². The Hall–Kier alpha value is -2.22. The van der Waals surface area contributed by atoms with Crippen LogP contribution in [0, 0.1) is 0 Å². The molecule has 0 aliphatic heterocycles. The van der Waals surface area contributed by atoms with E-state index in [1.54, 1.807) is 6.20 Å². The summed E-state index contributed by atoms with van der Waals surface area (Å²) in [4.78, 5) is 0. The fraction of sp³-hybridized carbons (Fsp3) is 0. The Morgan fingerprint density at radius 3 is 2.12 bits per heavy atom. The van der Waals surface area contributed by atoms with E-state index in [-0.39, 0.29) is 0 Å². The predicted octanol–water partition coefficient (Wildman–Crippen LogP) is 4.03. The molecule has 2 rings (SSSR count). The Morgan fingerprint density at radius 1 is 0.875 bits per heavy atom. The lowest BCUT2D eigenvalue weighted by molar-refractivity contribution is 0.483. The van der Waals surface area contributed by atoms with E-state index in [1.807, 2.05) is 54.6 Å². The van der Waals surface area contributed by atoms with E-state index >= 15 is 0 Å². The molecule has 0 unspecified atom stereocenters. The summed E-state index contributed by atoms with van der Waals surface area (Å²) in [6.45, 7) is 3.60. The molecule has 0 aromatic heterocycles. The quantitative estimate of drug-likeness (QED) is 0.824. The van der Waals surface area contributed by atoms with E-state index in [2.05, 4.69) is 11.9 Å². The first-order chi connectivity index (χ1) is 7.88. The second kappa shape index (κ2) is 5.03. The van der Waals surface area contributed by atoms with Crippen molar-refractivity contribution in [2.75, 3.05) is 5.32 Å². The van der Waals surface area contributed by atoms with Crippen LogP contribution in [-0.2, 0) is 0 Å². The van der Waals surface area contributed by atoms with Crippen molar-refractivity contribution in [1.82, 2.24) is 0 Å². The average Bonchev–Trinajstić information content (AvgIpc) is 2.33. The lowest BCUT2D eigenvalue weighted by atomic mass is 10.3. The first kappa shape index (κ1) is 10.3. The van der Waals surface area contributed by atoms with Crippen molar-refractivity contribution in [3.05, 3.63) is 67.4 Å². The zero-order chi connectivity index (χ0) is 11.2. The molecule has 0 heterocycles. The second-order valence-electron chi connectivity index (χ2n) is 3.29. The van der Waals surface area contributed by atoms with Crippen molar-refractivity contribution < 1.29 is 4.74 Å². The van der Waals surface area contributed by atoms with E-state index < -0.39 is 0 Å². The zero-order valence-corrected chi connectivity index (χ0v) is 8.89. The van der Waals surface area contributed by atoms with E-state index in [9.17, 15) is 0 Å². The minimum Gasteiger partial charge on any atom is -0.457 e. The molecule has 0 fully saturated rings. The number of rotatable bonds is 4. The Morgan fingerprint density at radius 2 is 1.50 bits per heavy atom. The minimum atomic E-state index is 0.820. The Labute approximate surface area is 95.2 Å². The number of para-hydroxylation sites is 1. The SMILES string of the molecule is C=CNc1ccc(Oc2ccccc2)cc1. The highest BCUT2D eigenvalue weighted by molar-refractivity contribution is 5.48. The van der Waals surface area contributed by atoms with Crippen LogP contribution in [-0.4, -0.2) is 0 Å². The summed E-state index contributed by atoms with van der Waals surface area (Å²) in [7, 11) is 0. The first-order valence-corrected chi connectivity index (χ1v) is 5.09. The molecule has 0 saturated heterocycles. The molecule has 1 N–H and O–H groups in total. The summed E-state index contributed by atoms with van der Waals surface area (Å²) in [6, 6.07) is 17.4. The predicted molar refractivity (Wildman–Crippen MR) is 66.8 cm³/mol. The molecule has 80 valence electrons. The summed E-state index contributed by atoms with van der Waals surface area (Å²) in [5.74, 6) is 1.66. The molecule has 0 atom stereocenters. The second-order valence-corrected chi connectivity index (χ2v) is 3.29. The first-order valence-electron chi connectivity index (χ1n) is 5.09. The van der Waals surface area contributed by atoms with Crippen molar-refractivity contribution in [2.24, 2.45) is 0 Å². The smallest absolute Gasteiger partial charge is 0.127 e. The van der Waals surface area contributed by atoms with E-state index in [0.29, 0.717) is 0 Å². The molecule has 0 aliphatic rings. The summed E-state index contributed by atoms with van der Waals surface area (Å²) in [5, 5.41) is 3.01. The van der Waals surface area contributed by atoms with Gasteiger partial charge in [-0.1, -0.05) is 24.8 Å². The summed E-state index contributed by atoms with van der Waals surface area (Å²) in [5.41, 5.74) is 0.996. The summed E-state index contributed by atoms with van der Waals surface area (Å²) < 4.78 is 5.66. The highest BCUT2D eigenvalue weighted by atomic mass is 16.5. The maximum Gasteiger partial charge on any atom is 0.127 e. The van der Waals surface area contributed by atoms with E-state index in [4.69, 9.17) is 4.74 Å². The van der Waals surface area contributed by atoms with E-state index in [1.165, 1.54) is 0 Å². The molecule has 2 nitrogen and oxygen atoms in total. The lowest BCUT2D eigenvalue weighted by Crippen LogP contribution is -1.87. The van der Waals surface area contributed by atoms with Gasteiger partial charge in [-0.05, 0) is 42.6 Å². The molecule has 16 heavy (non-hydrogen) atoms. The topological polar surface area (TPSA) is 21.3 Å². The summed E-state index contributed by atoms with van der Waals surface area (Å²) in [6.07, 6.45) is 1.65. The molecule has 0 spiro atoms. The monoisotopic (exact) mass is 211 g/mol. The van der Waals surface area contributed by atoms with Crippen LogP contribution in [0.4, 0.5) is 5.69 Å². The summed E-state index contributed by atoms with van der Waals surface area (Å²) >= 11 is 0. The van der Waals surface area contributed by atoms with Gasteiger partial charge in [0.2, 0.25) is 0 Å². The van der Waals surface area contributed by atoms with Crippen LogP contribution in [0.3, 0.4) is 0 Å². The van der Waals surface area contributed by atoms with Gasteiger partial charge in [0.05, 0.1) is 0 Å². The molecule has 0 bridgehead atoms. The highest BCUT2D eigenvalue weighted by Crippen LogP contribution is 2.22. The zero-order valence-electron chi connectivity index (χ0n) is 8.89. The fourth-order valence-corrected chi connectivity index (χ4v) is 1.36. The van der Waals surface area contributed by atoms with Crippen LogP contribution in [0.1, 0.15) is 0 Å². The number of benzene rings is 2. The third-order valence-corrected chi connectivity index (χ3v) is 2.10. The van der Waals surface area contributed by atoms with Crippen LogP contribution in [0.5, 0.6) is 11.5 Å². The molecular formula is C14H13NO. The van der Waals surface area contributed by atoms with E-state index in [0.717, 1.165) is 17.2 Å². The highest BCUT2D eigenvalue weighted by Gasteiger charge is 1.95. The largest absolute Gasteiger partial charge is 0.457 e. The van der Waals surface area contributed by atoms with Gasteiger partial charge in [0.15, 0.2) is 0 Å². The maximum absolute atomic E-state index is 5.66. The van der Waals surface area contributed by atoms with Crippen LogP contribution in [0.2, 0.25) is 0 Å². The molecule has 0 saturated carbocycles. The molecule has 0 aliphatic carbocycles. The van der Waals surface area contributed by atoms with Crippen LogP contribution in [0.25, 0.3) is 0 Å². The van der Waals surface area contributed by atoms with Crippen molar-refractivity contribution in [3.8, 4) is 11.5 Å². The van der Waals surface area contributed by atoms with Crippen molar-refractivity contribution in [2.45, 2.75) is 0 Å². The van der Waals surface area contributed by atoms with Crippen molar-refractivity contribution in [1.29, 1.82) is 0 Å². The van der Waals surface area contributed by atoms with Crippen molar-refractivity contribution in [3.63, 3.8) is 0 Å². The number of hydrogen-bond acceptors (Lipinski definition) is 2. The normalized spacial score (nSPS) is 9.50. The number of hydrogen-bond donors (Lipinski definition) is 1.